The summed E-state index contributed by atoms with van der Waals surface area (Å²) in [5.74, 6) is 0.0537. The first-order valence-electron chi connectivity index (χ1n) is 8.65. The summed E-state index contributed by atoms with van der Waals surface area (Å²) >= 11 is 0. The van der Waals surface area contributed by atoms with Crippen LogP contribution in [0.1, 0.15) is 23.6 Å². The third kappa shape index (κ3) is 3.09. The Hall–Kier alpha value is -2.82. The van der Waals surface area contributed by atoms with Crippen LogP contribution in [-0.4, -0.2) is 24.5 Å². The van der Waals surface area contributed by atoms with Crippen molar-refractivity contribution in [3.05, 3.63) is 59.2 Å². The van der Waals surface area contributed by atoms with E-state index >= 15 is 0 Å². The van der Waals surface area contributed by atoms with Crippen LogP contribution < -0.4 is 15.5 Å². The molecular formula is C20H21N3O2. The zero-order valence-electron chi connectivity index (χ0n) is 14.2. The van der Waals surface area contributed by atoms with Gasteiger partial charge in [-0.3, -0.25) is 4.79 Å². The minimum Gasteiger partial charge on any atom is -0.334 e. The van der Waals surface area contributed by atoms with Gasteiger partial charge in [0.05, 0.1) is 0 Å². The van der Waals surface area contributed by atoms with Crippen molar-refractivity contribution in [3.8, 4) is 0 Å². The SMILES string of the molecule is CC(=O)N1CCc2cc(NC(=O)NC3Cc4ccccc4C3)ccc21. The maximum Gasteiger partial charge on any atom is 0.319 e. The van der Waals surface area contributed by atoms with Crippen LogP contribution in [0.25, 0.3) is 0 Å². The average molecular weight is 335 g/mol. The van der Waals surface area contributed by atoms with Crippen LogP contribution in [0, 0.1) is 0 Å². The third-order valence-corrected chi connectivity index (χ3v) is 5.00. The number of fused-ring (bicyclic) bond motifs is 2. The van der Waals surface area contributed by atoms with Gasteiger partial charge in [-0.1, -0.05) is 24.3 Å². The van der Waals surface area contributed by atoms with E-state index < -0.39 is 0 Å². The van der Waals surface area contributed by atoms with Gasteiger partial charge in [-0.2, -0.15) is 0 Å². The van der Waals surface area contributed by atoms with Crippen LogP contribution in [0.5, 0.6) is 0 Å². The van der Waals surface area contributed by atoms with Crippen LogP contribution in [0.3, 0.4) is 0 Å². The van der Waals surface area contributed by atoms with Crippen LogP contribution in [0.15, 0.2) is 42.5 Å². The lowest BCUT2D eigenvalue weighted by Crippen LogP contribution is -2.38. The van der Waals surface area contributed by atoms with Gasteiger partial charge in [0.2, 0.25) is 5.91 Å². The third-order valence-electron chi connectivity index (χ3n) is 5.00. The summed E-state index contributed by atoms with van der Waals surface area (Å²) in [6, 6.07) is 14.0. The molecule has 0 spiro atoms. The van der Waals surface area contributed by atoms with Crippen LogP contribution in [0.4, 0.5) is 16.2 Å². The predicted molar refractivity (Wildman–Crippen MR) is 98.0 cm³/mol. The first kappa shape index (κ1) is 15.7. The smallest absolute Gasteiger partial charge is 0.319 e. The highest BCUT2D eigenvalue weighted by Crippen LogP contribution is 2.30. The van der Waals surface area contributed by atoms with Gasteiger partial charge in [0, 0.05) is 30.9 Å². The van der Waals surface area contributed by atoms with E-state index in [0.717, 1.165) is 36.2 Å². The summed E-state index contributed by atoms with van der Waals surface area (Å²) in [6.45, 7) is 2.29. The normalized spacial score (nSPS) is 15.6. The Bertz CT molecular complexity index is 822. The molecule has 0 aromatic heterocycles. The van der Waals surface area contributed by atoms with Crippen molar-refractivity contribution in [2.75, 3.05) is 16.8 Å². The highest BCUT2D eigenvalue weighted by atomic mass is 16.2. The van der Waals surface area contributed by atoms with E-state index in [2.05, 4.69) is 22.8 Å². The number of carbonyl (C=O) groups excluding carboxylic acids is 2. The van der Waals surface area contributed by atoms with Gasteiger partial charge in [0.1, 0.15) is 0 Å². The minimum absolute atomic E-state index is 0.0537. The molecule has 5 nitrogen and oxygen atoms in total. The number of hydrogen-bond acceptors (Lipinski definition) is 2. The zero-order chi connectivity index (χ0) is 17.4. The van der Waals surface area contributed by atoms with E-state index in [0.29, 0.717) is 6.54 Å². The molecule has 2 aromatic carbocycles. The molecule has 2 N–H and O–H groups in total. The standard InChI is InChI=1S/C20H21N3O2/c1-13(24)23-9-8-16-12-17(6-7-19(16)23)21-20(25)22-18-10-14-4-2-3-5-15(14)11-18/h2-7,12,18H,8-11H2,1H3,(H2,21,22,25). The van der Waals surface area contributed by atoms with Crippen LogP contribution >= 0.6 is 0 Å². The molecule has 1 heterocycles. The first-order chi connectivity index (χ1) is 12.1. The summed E-state index contributed by atoms with van der Waals surface area (Å²) in [7, 11) is 0. The number of amides is 3. The van der Waals surface area contributed by atoms with E-state index in [9.17, 15) is 9.59 Å². The molecule has 3 amide bonds. The maximum atomic E-state index is 12.3. The van der Waals surface area contributed by atoms with Crippen molar-refractivity contribution in [2.24, 2.45) is 0 Å². The van der Waals surface area contributed by atoms with Gasteiger partial charge >= 0.3 is 6.03 Å². The topological polar surface area (TPSA) is 61.4 Å². The lowest BCUT2D eigenvalue weighted by atomic mass is 10.1. The number of carbonyl (C=O) groups is 2. The van der Waals surface area contributed by atoms with Gasteiger partial charge in [0.15, 0.2) is 0 Å². The van der Waals surface area contributed by atoms with Gasteiger partial charge < -0.3 is 15.5 Å². The van der Waals surface area contributed by atoms with Gasteiger partial charge in [0.25, 0.3) is 0 Å². The number of benzene rings is 2. The molecule has 128 valence electrons. The number of nitrogens with one attached hydrogen (secondary N) is 2. The Morgan fingerprint density at radius 1 is 1.04 bits per heavy atom. The quantitative estimate of drug-likeness (QED) is 0.886. The first-order valence-corrected chi connectivity index (χ1v) is 8.65. The Labute approximate surface area is 147 Å². The summed E-state index contributed by atoms with van der Waals surface area (Å²) in [5.41, 5.74) is 5.44. The molecule has 1 aliphatic carbocycles. The van der Waals surface area contributed by atoms with E-state index in [1.165, 1.54) is 11.1 Å². The molecule has 0 fully saturated rings. The molecule has 0 saturated carbocycles. The summed E-state index contributed by atoms with van der Waals surface area (Å²) in [4.78, 5) is 25.7. The van der Waals surface area contributed by atoms with Crippen molar-refractivity contribution >= 4 is 23.3 Å². The van der Waals surface area contributed by atoms with Gasteiger partial charge in [-0.25, -0.2) is 4.79 Å². The summed E-state index contributed by atoms with van der Waals surface area (Å²) in [6.07, 6.45) is 2.58. The average Bonchev–Trinajstić information content (AvgIpc) is 3.17. The molecular weight excluding hydrogens is 314 g/mol. The number of anilines is 2. The summed E-state index contributed by atoms with van der Waals surface area (Å²) in [5, 5.41) is 5.97. The van der Waals surface area contributed by atoms with Crippen molar-refractivity contribution in [2.45, 2.75) is 32.2 Å². The fourth-order valence-electron chi connectivity index (χ4n) is 3.82. The molecule has 2 aliphatic rings. The molecule has 1 aliphatic heterocycles. The second kappa shape index (κ2) is 6.24. The second-order valence-electron chi connectivity index (χ2n) is 6.74. The second-order valence-corrected chi connectivity index (χ2v) is 6.74. The Balaban J connectivity index is 1.39. The molecule has 0 bridgehead atoms. The van der Waals surface area contributed by atoms with Crippen LogP contribution in [0.2, 0.25) is 0 Å². The van der Waals surface area contributed by atoms with Crippen molar-refractivity contribution < 1.29 is 9.59 Å². The van der Waals surface area contributed by atoms with E-state index in [1.54, 1.807) is 11.8 Å². The minimum atomic E-state index is -0.181. The van der Waals surface area contributed by atoms with Crippen LogP contribution in [-0.2, 0) is 24.1 Å². The van der Waals surface area contributed by atoms with Gasteiger partial charge in [-0.15, -0.1) is 0 Å². The molecule has 0 atom stereocenters. The molecule has 5 heteroatoms. The largest absolute Gasteiger partial charge is 0.334 e. The van der Waals surface area contributed by atoms with Crippen molar-refractivity contribution in [3.63, 3.8) is 0 Å². The highest BCUT2D eigenvalue weighted by molar-refractivity contribution is 5.95. The maximum absolute atomic E-state index is 12.3. The highest BCUT2D eigenvalue weighted by Gasteiger charge is 2.24. The number of hydrogen-bond donors (Lipinski definition) is 2. The van der Waals surface area contributed by atoms with Gasteiger partial charge in [-0.05, 0) is 54.2 Å². The molecule has 2 aromatic rings. The molecule has 0 radical (unpaired) electrons. The molecule has 0 saturated heterocycles. The Morgan fingerprint density at radius 3 is 2.44 bits per heavy atom. The number of rotatable bonds is 2. The molecule has 4 rings (SSSR count). The number of nitrogens with zero attached hydrogens (tertiary/aromatic N) is 1. The molecule has 0 unspecified atom stereocenters. The zero-order valence-corrected chi connectivity index (χ0v) is 14.2. The molecule has 25 heavy (non-hydrogen) atoms. The van der Waals surface area contributed by atoms with E-state index in [-0.39, 0.29) is 18.0 Å². The summed E-state index contributed by atoms with van der Waals surface area (Å²) < 4.78 is 0. The monoisotopic (exact) mass is 335 g/mol. The predicted octanol–water partition coefficient (Wildman–Crippen LogP) is 2.88. The lowest BCUT2D eigenvalue weighted by Gasteiger charge is -2.16. The Kier molecular flexibility index (Phi) is 3.92. The van der Waals surface area contributed by atoms with E-state index in [1.807, 2.05) is 30.3 Å². The fraction of sp³-hybridized carbons (Fsp3) is 0.300. The number of urea groups is 1. The van der Waals surface area contributed by atoms with Crippen molar-refractivity contribution in [1.82, 2.24) is 5.32 Å². The lowest BCUT2D eigenvalue weighted by molar-refractivity contribution is -0.116. The van der Waals surface area contributed by atoms with E-state index in [4.69, 9.17) is 0 Å². The Morgan fingerprint density at radius 2 is 1.76 bits per heavy atom. The van der Waals surface area contributed by atoms with Crippen molar-refractivity contribution in [1.29, 1.82) is 0 Å². The fourth-order valence-corrected chi connectivity index (χ4v) is 3.82.